The lowest BCUT2D eigenvalue weighted by Crippen LogP contribution is -2.25. The van der Waals surface area contributed by atoms with Gasteiger partial charge in [-0.25, -0.2) is 17.8 Å². The maximum atomic E-state index is 12.0. The van der Waals surface area contributed by atoms with Gasteiger partial charge in [0.25, 0.3) is 10.0 Å². The predicted octanol–water partition coefficient (Wildman–Crippen LogP) is -0.221. The molecule has 17 heavy (non-hydrogen) atoms. The quantitative estimate of drug-likeness (QED) is 0.810. The van der Waals surface area contributed by atoms with Gasteiger partial charge in [-0.05, 0) is 22.0 Å². The Labute approximate surface area is 106 Å². The van der Waals surface area contributed by atoms with Crippen molar-refractivity contribution in [2.24, 2.45) is 7.05 Å². The van der Waals surface area contributed by atoms with Gasteiger partial charge >= 0.3 is 0 Å². The van der Waals surface area contributed by atoms with Crippen LogP contribution in [0.1, 0.15) is 5.69 Å². The first-order chi connectivity index (χ1) is 8.00. The molecule has 92 valence electrons. The number of sulfonamides is 1. The number of hydrogen-bond donors (Lipinski definition) is 2. The Morgan fingerprint density at radius 3 is 2.88 bits per heavy atom. The lowest BCUT2D eigenvalue weighted by atomic mass is 10.4. The molecule has 0 fully saturated rings. The monoisotopic (exact) mass is 320 g/mol. The largest absolute Gasteiger partial charge is 0.281 e. The molecule has 0 unspecified atom stereocenters. The highest BCUT2D eigenvalue weighted by Gasteiger charge is 2.23. The van der Waals surface area contributed by atoms with Gasteiger partial charge in [-0.15, -0.1) is 5.10 Å². The van der Waals surface area contributed by atoms with E-state index in [1.807, 2.05) is 0 Å². The Balaban J connectivity index is 2.20. The number of aromatic nitrogens is 5. The minimum absolute atomic E-state index is 0.0167. The zero-order valence-corrected chi connectivity index (χ0v) is 11.2. The summed E-state index contributed by atoms with van der Waals surface area (Å²) in [5, 5.41) is 13.6. The highest BCUT2D eigenvalue weighted by molar-refractivity contribution is 9.10. The summed E-state index contributed by atoms with van der Waals surface area (Å²) in [6.45, 7) is 0.125. The lowest BCUT2D eigenvalue weighted by molar-refractivity contribution is 0.559. The number of H-pyrrole nitrogens is 1. The third-order valence-corrected chi connectivity index (χ3v) is 4.29. The van der Waals surface area contributed by atoms with Gasteiger partial charge in [-0.1, -0.05) is 5.21 Å². The molecular formula is C7H9BrN6O2S. The molecule has 2 N–H and O–H groups in total. The van der Waals surface area contributed by atoms with Crippen LogP contribution < -0.4 is 4.72 Å². The lowest BCUT2D eigenvalue weighted by Gasteiger charge is -2.05. The van der Waals surface area contributed by atoms with Crippen molar-refractivity contribution in [1.82, 2.24) is 29.9 Å². The van der Waals surface area contributed by atoms with Crippen LogP contribution in [-0.2, 0) is 23.6 Å². The van der Waals surface area contributed by atoms with Crippen LogP contribution in [0.2, 0.25) is 0 Å². The van der Waals surface area contributed by atoms with Gasteiger partial charge in [-0.2, -0.15) is 5.10 Å². The molecule has 10 heteroatoms. The Kier molecular flexibility index (Phi) is 3.26. The smallest absolute Gasteiger partial charge is 0.260 e. The van der Waals surface area contributed by atoms with Crippen molar-refractivity contribution in [3.05, 3.63) is 22.6 Å². The van der Waals surface area contributed by atoms with Crippen LogP contribution in [-0.4, -0.2) is 33.6 Å². The van der Waals surface area contributed by atoms with Gasteiger partial charge in [0.15, 0.2) is 4.60 Å². The van der Waals surface area contributed by atoms with Gasteiger partial charge in [0.05, 0.1) is 12.2 Å². The predicted molar refractivity (Wildman–Crippen MR) is 61.3 cm³/mol. The third-order valence-electron chi connectivity index (χ3n) is 2.00. The summed E-state index contributed by atoms with van der Waals surface area (Å²) in [5.41, 5.74) is 0.667. The van der Waals surface area contributed by atoms with Crippen LogP contribution in [0.4, 0.5) is 0 Å². The van der Waals surface area contributed by atoms with Crippen LogP contribution in [0, 0.1) is 0 Å². The minimum atomic E-state index is -3.66. The van der Waals surface area contributed by atoms with E-state index in [2.05, 4.69) is 41.2 Å². The minimum Gasteiger partial charge on any atom is -0.281 e. The molecule has 0 saturated carbocycles. The molecule has 2 aromatic heterocycles. The number of aromatic amines is 1. The van der Waals surface area contributed by atoms with Crippen molar-refractivity contribution < 1.29 is 8.42 Å². The summed E-state index contributed by atoms with van der Waals surface area (Å²) in [6.07, 6.45) is 1.55. The fourth-order valence-electron chi connectivity index (χ4n) is 1.23. The molecule has 0 aliphatic carbocycles. The zero-order valence-electron chi connectivity index (χ0n) is 8.75. The molecule has 2 heterocycles. The first-order valence-electron chi connectivity index (χ1n) is 4.54. The van der Waals surface area contributed by atoms with Gasteiger partial charge in [0, 0.05) is 13.2 Å². The summed E-state index contributed by atoms with van der Waals surface area (Å²) >= 11 is 3.04. The number of nitrogens with zero attached hydrogens (tertiary/aromatic N) is 4. The maximum Gasteiger partial charge on any atom is 0.260 e. The van der Waals surface area contributed by atoms with Crippen molar-refractivity contribution in [1.29, 1.82) is 0 Å². The molecule has 0 saturated heterocycles. The van der Waals surface area contributed by atoms with Crippen LogP contribution in [0.15, 0.2) is 21.9 Å². The summed E-state index contributed by atoms with van der Waals surface area (Å²) in [5.74, 6) is 0. The Morgan fingerprint density at radius 2 is 2.35 bits per heavy atom. The summed E-state index contributed by atoms with van der Waals surface area (Å²) in [6, 6.07) is 1.68. The molecule has 0 radical (unpaired) electrons. The third kappa shape index (κ3) is 2.53. The summed E-state index contributed by atoms with van der Waals surface area (Å²) < 4.78 is 27.7. The second kappa shape index (κ2) is 4.55. The molecule has 0 aliphatic rings. The van der Waals surface area contributed by atoms with E-state index in [1.165, 1.54) is 11.7 Å². The van der Waals surface area contributed by atoms with Crippen molar-refractivity contribution in [3.63, 3.8) is 0 Å². The normalized spacial score (nSPS) is 11.9. The molecular weight excluding hydrogens is 312 g/mol. The van der Waals surface area contributed by atoms with Crippen LogP contribution in [0.3, 0.4) is 0 Å². The van der Waals surface area contributed by atoms with E-state index in [4.69, 9.17) is 0 Å². The summed E-state index contributed by atoms with van der Waals surface area (Å²) in [4.78, 5) is 0. The van der Waals surface area contributed by atoms with E-state index in [0.717, 1.165) is 0 Å². The van der Waals surface area contributed by atoms with Gasteiger partial charge in [0.2, 0.25) is 5.03 Å². The molecule has 0 aliphatic heterocycles. The average Bonchev–Trinajstić information content (AvgIpc) is 2.86. The Morgan fingerprint density at radius 1 is 1.59 bits per heavy atom. The Hall–Kier alpha value is -1.26. The number of nitrogens with one attached hydrogen (secondary N) is 2. The molecule has 0 aromatic carbocycles. The topological polar surface area (TPSA) is 106 Å². The van der Waals surface area contributed by atoms with E-state index in [-0.39, 0.29) is 16.2 Å². The fourth-order valence-corrected chi connectivity index (χ4v) is 3.33. The first-order valence-corrected chi connectivity index (χ1v) is 6.81. The second-order valence-electron chi connectivity index (χ2n) is 3.22. The highest BCUT2D eigenvalue weighted by atomic mass is 79.9. The number of halogens is 1. The van der Waals surface area contributed by atoms with Gasteiger partial charge in [-0.3, -0.25) is 5.10 Å². The Bertz CT molecular complexity index is 585. The average molecular weight is 321 g/mol. The zero-order chi connectivity index (χ0) is 12.5. The standard InChI is InChI=1S/C7H9BrN6O2S/c1-14-7(6(8)12-13-14)17(15,16)10-4-5-2-3-9-11-5/h2-3,10H,4H2,1H3,(H,9,11). The van der Waals surface area contributed by atoms with Crippen LogP contribution in [0.5, 0.6) is 0 Å². The number of hydrogen-bond acceptors (Lipinski definition) is 5. The first kappa shape index (κ1) is 12.2. The second-order valence-corrected chi connectivity index (χ2v) is 5.65. The highest BCUT2D eigenvalue weighted by Crippen LogP contribution is 2.17. The van der Waals surface area contributed by atoms with E-state index >= 15 is 0 Å². The molecule has 0 atom stereocenters. The van der Waals surface area contributed by atoms with Crippen LogP contribution in [0.25, 0.3) is 0 Å². The van der Waals surface area contributed by atoms with Gasteiger partial charge < -0.3 is 0 Å². The summed E-state index contributed by atoms with van der Waals surface area (Å²) in [7, 11) is -2.16. The fraction of sp³-hybridized carbons (Fsp3) is 0.286. The SMILES string of the molecule is Cn1nnc(Br)c1S(=O)(=O)NCc1ccn[nH]1. The van der Waals surface area contributed by atoms with Crippen molar-refractivity contribution >= 4 is 26.0 Å². The molecule has 0 spiro atoms. The van der Waals surface area contributed by atoms with Crippen LogP contribution >= 0.6 is 15.9 Å². The van der Waals surface area contributed by atoms with E-state index in [9.17, 15) is 8.42 Å². The molecule has 2 rings (SSSR count). The molecule has 2 aromatic rings. The molecule has 0 bridgehead atoms. The van der Waals surface area contributed by atoms with E-state index in [0.29, 0.717) is 5.69 Å². The van der Waals surface area contributed by atoms with E-state index < -0.39 is 10.0 Å². The number of aryl methyl sites for hydroxylation is 1. The van der Waals surface area contributed by atoms with Crippen molar-refractivity contribution in [3.8, 4) is 0 Å². The number of rotatable bonds is 4. The maximum absolute atomic E-state index is 12.0. The van der Waals surface area contributed by atoms with Crippen molar-refractivity contribution in [2.45, 2.75) is 11.6 Å². The van der Waals surface area contributed by atoms with E-state index in [1.54, 1.807) is 12.3 Å². The van der Waals surface area contributed by atoms with Gasteiger partial charge in [0.1, 0.15) is 0 Å². The van der Waals surface area contributed by atoms with Crippen molar-refractivity contribution in [2.75, 3.05) is 0 Å². The molecule has 0 amide bonds. The molecule has 8 nitrogen and oxygen atoms in total.